The monoisotopic (exact) mass is 224 g/mol. The molecule has 1 rings (SSSR count). The van der Waals surface area contributed by atoms with Gasteiger partial charge in [-0.1, -0.05) is 6.07 Å². The third-order valence-electron chi connectivity index (χ3n) is 2.03. The summed E-state index contributed by atoms with van der Waals surface area (Å²) >= 11 is 0. The Morgan fingerprint density at radius 3 is 2.53 bits per heavy atom. The first-order valence-electron chi connectivity index (χ1n) is 4.29. The van der Waals surface area contributed by atoms with E-state index in [0.29, 0.717) is 11.4 Å². The summed E-state index contributed by atoms with van der Waals surface area (Å²) in [5.41, 5.74) is 1.62. The van der Waals surface area contributed by atoms with E-state index >= 15 is 0 Å². The first-order chi connectivity index (χ1) is 7.10. The van der Waals surface area contributed by atoms with E-state index in [1.165, 1.54) is 0 Å². The summed E-state index contributed by atoms with van der Waals surface area (Å²) in [6.07, 6.45) is 0. The first kappa shape index (κ1) is 11.6. The molecule has 0 unspecified atom stereocenters. The summed E-state index contributed by atoms with van der Waals surface area (Å²) < 4.78 is 21.6. The van der Waals surface area contributed by atoms with Crippen LogP contribution in [0.4, 0.5) is 0 Å². The predicted octanol–water partition coefficient (Wildman–Crippen LogP) is 1.04. The van der Waals surface area contributed by atoms with E-state index in [2.05, 4.69) is 16.7 Å². The van der Waals surface area contributed by atoms with Gasteiger partial charge in [0.05, 0.1) is 4.90 Å². The normalized spacial score (nSPS) is 11.8. The van der Waals surface area contributed by atoms with E-state index < -0.39 is 10.7 Å². The molecule has 0 amide bonds. The summed E-state index contributed by atoms with van der Waals surface area (Å²) in [5.74, 6) is 0.450. The zero-order chi connectivity index (χ0) is 11.4. The third kappa shape index (κ3) is 2.50. The van der Waals surface area contributed by atoms with Gasteiger partial charge in [0.1, 0.15) is 0 Å². The van der Waals surface area contributed by atoms with Crippen LogP contribution in [0.2, 0.25) is 0 Å². The minimum absolute atomic E-state index is 0.260. The molecule has 15 heavy (non-hydrogen) atoms. The van der Waals surface area contributed by atoms with Gasteiger partial charge in [-0.2, -0.15) is 0 Å². The highest BCUT2D eigenvalue weighted by atomic mass is 32.2. The van der Waals surface area contributed by atoms with Crippen molar-refractivity contribution in [1.82, 2.24) is 0 Å². The van der Waals surface area contributed by atoms with E-state index in [0.717, 1.165) is 5.56 Å². The lowest BCUT2D eigenvalue weighted by Gasteiger charge is -2.04. The van der Waals surface area contributed by atoms with E-state index in [1.807, 2.05) is 6.92 Å². The van der Waals surface area contributed by atoms with Gasteiger partial charge >= 0.3 is 0 Å². The van der Waals surface area contributed by atoms with E-state index in [1.54, 1.807) is 25.2 Å². The number of thiol groups is 1. The molecule has 1 aromatic rings. The molecule has 5 heteroatoms. The Bertz CT molecular complexity index is 482. The molecule has 0 fully saturated rings. The number of nitrogens with zero attached hydrogens (tertiary/aromatic N) is 2. The molecule has 0 saturated heterocycles. The smallest absolute Gasteiger partial charge is 0.168 e. The van der Waals surface area contributed by atoms with Gasteiger partial charge in [-0.05, 0) is 31.3 Å². The second-order valence-electron chi connectivity index (χ2n) is 2.96. The lowest BCUT2D eigenvalue weighted by molar-refractivity contribution is 0.614. The molecule has 0 aromatic heterocycles. The third-order valence-corrected chi connectivity index (χ3v) is 2.73. The molecule has 0 heterocycles. The number of hydrogen-bond donors (Lipinski definition) is 1. The van der Waals surface area contributed by atoms with E-state index in [9.17, 15) is 8.42 Å². The second-order valence-corrected chi connectivity index (χ2v) is 3.99. The Labute approximate surface area is 90.3 Å². The van der Waals surface area contributed by atoms with Crippen molar-refractivity contribution in [2.45, 2.75) is 11.8 Å². The molecule has 0 bridgehead atoms. The first-order valence-corrected chi connectivity index (χ1v) is 5.46. The van der Waals surface area contributed by atoms with Gasteiger partial charge in [-0.25, -0.2) is 13.4 Å². The highest BCUT2D eigenvalue weighted by molar-refractivity contribution is 7.72. The van der Waals surface area contributed by atoms with Crippen LogP contribution < -0.4 is 0 Å². The van der Waals surface area contributed by atoms with Crippen LogP contribution >= 0.6 is 0 Å². The summed E-state index contributed by atoms with van der Waals surface area (Å²) in [6, 6.07) is 4.84. The maximum absolute atomic E-state index is 10.8. The minimum atomic E-state index is -2.58. The lowest BCUT2D eigenvalue weighted by atomic mass is 10.1. The van der Waals surface area contributed by atoms with Gasteiger partial charge in [0.2, 0.25) is 0 Å². The van der Waals surface area contributed by atoms with E-state index in [4.69, 9.17) is 0 Å². The Morgan fingerprint density at radius 2 is 2.07 bits per heavy atom. The van der Waals surface area contributed by atoms with Crippen LogP contribution in [0.15, 0.2) is 33.1 Å². The number of hydrogen-bond acceptors (Lipinski definition) is 3. The Morgan fingerprint density at radius 1 is 1.40 bits per heavy atom. The number of rotatable bonds is 2. The SMILES string of the molecule is C=N/C(=N\C)c1cc([SH](=O)=O)ccc1C. The van der Waals surface area contributed by atoms with Crippen molar-refractivity contribution in [3.05, 3.63) is 29.3 Å². The van der Waals surface area contributed by atoms with Crippen molar-refractivity contribution < 1.29 is 8.42 Å². The molecule has 0 N–H and O–H groups in total. The quantitative estimate of drug-likeness (QED) is 0.463. The van der Waals surface area contributed by atoms with Gasteiger partial charge in [0.15, 0.2) is 16.5 Å². The van der Waals surface area contributed by atoms with Crippen molar-refractivity contribution in [3.63, 3.8) is 0 Å². The highest BCUT2D eigenvalue weighted by Crippen LogP contribution is 2.13. The Kier molecular flexibility index (Phi) is 3.74. The zero-order valence-corrected chi connectivity index (χ0v) is 9.49. The zero-order valence-electron chi connectivity index (χ0n) is 8.60. The van der Waals surface area contributed by atoms with Crippen molar-refractivity contribution in [2.75, 3.05) is 7.05 Å². The fourth-order valence-corrected chi connectivity index (χ4v) is 1.67. The van der Waals surface area contributed by atoms with Crippen LogP contribution in [0.5, 0.6) is 0 Å². The summed E-state index contributed by atoms with van der Waals surface area (Å²) in [6.45, 7) is 5.26. The molecule has 0 saturated carbocycles. The molecule has 4 nitrogen and oxygen atoms in total. The van der Waals surface area contributed by atoms with Gasteiger partial charge < -0.3 is 0 Å². The maximum atomic E-state index is 10.8. The van der Waals surface area contributed by atoms with Crippen LogP contribution in [0, 0.1) is 6.92 Å². The average molecular weight is 224 g/mol. The number of amidine groups is 1. The molecule has 1 aromatic carbocycles. The van der Waals surface area contributed by atoms with Crippen LogP contribution in [-0.2, 0) is 10.7 Å². The largest absolute Gasteiger partial charge is 0.270 e. The van der Waals surface area contributed by atoms with Crippen LogP contribution in [0.25, 0.3) is 0 Å². The average Bonchev–Trinajstić information content (AvgIpc) is 2.22. The van der Waals surface area contributed by atoms with Crippen molar-refractivity contribution in [1.29, 1.82) is 0 Å². The van der Waals surface area contributed by atoms with Crippen molar-refractivity contribution in [2.24, 2.45) is 9.98 Å². The highest BCUT2D eigenvalue weighted by Gasteiger charge is 2.06. The van der Waals surface area contributed by atoms with Crippen molar-refractivity contribution in [3.8, 4) is 0 Å². The van der Waals surface area contributed by atoms with Gasteiger partial charge in [-0.15, -0.1) is 0 Å². The molecule has 0 atom stereocenters. The maximum Gasteiger partial charge on any atom is 0.168 e. The molecule has 80 valence electrons. The number of aliphatic imine (C=N–C) groups is 2. The molecular weight excluding hydrogens is 212 g/mol. The molecule has 0 aliphatic rings. The fourth-order valence-electron chi connectivity index (χ4n) is 1.24. The summed E-state index contributed by atoms with van der Waals surface area (Å²) in [7, 11) is -0.985. The predicted molar refractivity (Wildman–Crippen MR) is 61.8 cm³/mol. The Hall–Kier alpha value is -1.49. The lowest BCUT2D eigenvalue weighted by Crippen LogP contribution is -2.00. The van der Waals surface area contributed by atoms with Gasteiger partial charge in [0.25, 0.3) is 0 Å². The van der Waals surface area contributed by atoms with Gasteiger partial charge in [0, 0.05) is 12.6 Å². The molecule has 0 spiro atoms. The topological polar surface area (TPSA) is 58.9 Å². The minimum Gasteiger partial charge on any atom is -0.270 e. The molecule has 0 aliphatic carbocycles. The van der Waals surface area contributed by atoms with Crippen LogP contribution in [0.1, 0.15) is 11.1 Å². The van der Waals surface area contributed by atoms with Gasteiger partial charge in [-0.3, -0.25) is 4.99 Å². The number of benzene rings is 1. The summed E-state index contributed by atoms with van der Waals surface area (Å²) in [5, 5.41) is 0. The Balaban J connectivity index is 3.40. The second kappa shape index (κ2) is 4.84. The standard InChI is InChI=1S/C10H12N2O2S/c1-7-4-5-8(15(13)14)6-9(7)10(11-2)12-3/h4-6,15H,2H2,1,3H3/b12-10-. The molecule has 0 aliphatic heterocycles. The van der Waals surface area contributed by atoms with E-state index in [-0.39, 0.29) is 4.90 Å². The summed E-state index contributed by atoms with van der Waals surface area (Å²) in [4.78, 5) is 7.93. The van der Waals surface area contributed by atoms with Crippen molar-refractivity contribution >= 4 is 23.3 Å². The van der Waals surface area contributed by atoms with Crippen LogP contribution in [0.3, 0.4) is 0 Å². The molecular formula is C10H12N2O2S. The molecule has 0 radical (unpaired) electrons. The fraction of sp³-hybridized carbons (Fsp3) is 0.200. The number of aryl methyl sites for hydroxylation is 1. The van der Waals surface area contributed by atoms with Crippen LogP contribution in [-0.4, -0.2) is 28.0 Å².